The van der Waals surface area contributed by atoms with Crippen LogP contribution in [-0.4, -0.2) is 16.3 Å². The lowest BCUT2D eigenvalue weighted by Crippen LogP contribution is -2.01. The van der Waals surface area contributed by atoms with E-state index in [-0.39, 0.29) is 16.6 Å². The predicted molar refractivity (Wildman–Crippen MR) is 63.2 cm³/mol. The average molecular weight is 249 g/mol. The number of hydrogen-bond acceptors (Lipinski definition) is 4. The fourth-order valence-electron chi connectivity index (χ4n) is 1.31. The molecule has 0 unspecified atom stereocenters. The highest BCUT2D eigenvalue weighted by molar-refractivity contribution is 6.31. The van der Waals surface area contributed by atoms with Crippen molar-refractivity contribution >= 4 is 17.9 Å². The maximum atomic E-state index is 10.8. The number of rotatable bonds is 4. The van der Waals surface area contributed by atoms with Gasteiger partial charge in [0.1, 0.15) is 18.6 Å². The molecule has 0 N–H and O–H groups in total. The largest absolute Gasteiger partial charge is 0.483 e. The fraction of sp³-hybridized carbons (Fsp3) is 0.0833. The van der Waals surface area contributed by atoms with Crippen molar-refractivity contribution < 1.29 is 9.53 Å². The van der Waals surface area contributed by atoms with Crippen molar-refractivity contribution in [3.63, 3.8) is 0 Å². The van der Waals surface area contributed by atoms with Crippen molar-refractivity contribution in [2.75, 3.05) is 0 Å². The van der Waals surface area contributed by atoms with Crippen molar-refractivity contribution in [1.29, 1.82) is 0 Å². The quantitative estimate of drug-likeness (QED) is 0.616. The maximum Gasteiger partial charge on any atom is 0.186 e. The molecule has 2 rings (SSSR count). The second-order valence-electron chi connectivity index (χ2n) is 3.27. The van der Waals surface area contributed by atoms with E-state index in [1.54, 1.807) is 0 Å². The van der Waals surface area contributed by atoms with E-state index in [0.717, 1.165) is 5.56 Å². The highest BCUT2D eigenvalue weighted by atomic mass is 35.5. The van der Waals surface area contributed by atoms with Crippen LogP contribution >= 0.6 is 11.6 Å². The zero-order valence-electron chi connectivity index (χ0n) is 8.84. The van der Waals surface area contributed by atoms with Crippen molar-refractivity contribution in [3.8, 4) is 5.75 Å². The number of carbonyl (C=O) groups excluding carboxylic acids is 1. The van der Waals surface area contributed by atoms with E-state index in [2.05, 4.69) is 9.97 Å². The molecule has 0 fully saturated rings. The van der Waals surface area contributed by atoms with Crippen LogP contribution in [0.1, 0.15) is 16.1 Å². The van der Waals surface area contributed by atoms with Crippen LogP contribution in [0.2, 0.25) is 5.15 Å². The summed E-state index contributed by atoms with van der Waals surface area (Å²) >= 11 is 5.84. The number of ether oxygens (including phenoxy) is 1. The molecule has 0 aliphatic rings. The molecule has 86 valence electrons. The van der Waals surface area contributed by atoms with Crippen molar-refractivity contribution in [1.82, 2.24) is 9.97 Å². The Morgan fingerprint density at radius 2 is 2.00 bits per heavy atom. The first-order valence-corrected chi connectivity index (χ1v) is 5.31. The molecule has 0 radical (unpaired) electrons. The number of nitrogens with zero attached hydrogens (tertiary/aromatic N) is 2. The summed E-state index contributed by atoms with van der Waals surface area (Å²) in [6, 6.07) is 9.56. The molecule has 0 aliphatic carbocycles. The molecular formula is C12H9ClN2O2. The minimum absolute atomic E-state index is 0.137. The van der Waals surface area contributed by atoms with Crippen LogP contribution in [0.4, 0.5) is 0 Å². The molecule has 0 saturated heterocycles. The van der Waals surface area contributed by atoms with Crippen LogP contribution in [-0.2, 0) is 6.61 Å². The van der Waals surface area contributed by atoms with Crippen molar-refractivity contribution in [2.24, 2.45) is 0 Å². The molecule has 0 saturated carbocycles. The van der Waals surface area contributed by atoms with Gasteiger partial charge in [-0.1, -0.05) is 41.9 Å². The van der Waals surface area contributed by atoms with Gasteiger partial charge >= 0.3 is 0 Å². The lowest BCUT2D eigenvalue weighted by atomic mass is 10.2. The van der Waals surface area contributed by atoms with Crippen LogP contribution in [0.3, 0.4) is 0 Å². The molecule has 17 heavy (non-hydrogen) atoms. The summed E-state index contributed by atoms with van der Waals surface area (Å²) in [5.41, 5.74) is 1.13. The molecule has 0 amide bonds. The molecular weight excluding hydrogens is 240 g/mol. The number of benzene rings is 1. The average Bonchev–Trinajstić information content (AvgIpc) is 2.38. The van der Waals surface area contributed by atoms with Gasteiger partial charge in [-0.15, -0.1) is 0 Å². The summed E-state index contributed by atoms with van der Waals surface area (Å²) in [6.45, 7) is 0.314. The van der Waals surface area contributed by atoms with Gasteiger partial charge in [-0.05, 0) is 5.56 Å². The Bertz CT molecular complexity index is 517. The van der Waals surface area contributed by atoms with E-state index in [4.69, 9.17) is 16.3 Å². The van der Waals surface area contributed by atoms with E-state index in [9.17, 15) is 4.79 Å². The second-order valence-corrected chi connectivity index (χ2v) is 3.63. The maximum absolute atomic E-state index is 10.8. The number of halogens is 1. The van der Waals surface area contributed by atoms with Gasteiger partial charge in [0.15, 0.2) is 17.2 Å². The summed E-state index contributed by atoms with van der Waals surface area (Å²) in [5.74, 6) is 0.216. The van der Waals surface area contributed by atoms with Crippen LogP contribution < -0.4 is 4.74 Å². The molecule has 1 aromatic carbocycles. The molecule has 4 nitrogen and oxygen atoms in total. The fourth-order valence-corrected chi connectivity index (χ4v) is 1.51. The lowest BCUT2D eigenvalue weighted by molar-refractivity contribution is 0.111. The zero-order valence-corrected chi connectivity index (χ0v) is 9.59. The minimum atomic E-state index is 0.137. The summed E-state index contributed by atoms with van der Waals surface area (Å²) in [5, 5.41) is 0.137. The van der Waals surface area contributed by atoms with Crippen LogP contribution in [0.5, 0.6) is 5.75 Å². The monoisotopic (exact) mass is 248 g/mol. The number of aldehydes is 1. The first kappa shape index (κ1) is 11.5. The van der Waals surface area contributed by atoms with Crippen molar-refractivity contribution in [2.45, 2.75) is 6.61 Å². The third kappa shape index (κ3) is 2.79. The SMILES string of the molecule is O=Cc1ncnc(Cl)c1OCc1ccccc1. The standard InChI is InChI=1S/C12H9ClN2O2/c13-12-11(10(6-16)14-8-15-12)17-7-9-4-2-1-3-5-9/h1-6,8H,7H2. The normalized spacial score (nSPS) is 9.94. The highest BCUT2D eigenvalue weighted by Gasteiger charge is 2.10. The lowest BCUT2D eigenvalue weighted by Gasteiger charge is -2.08. The Balaban J connectivity index is 2.16. The zero-order chi connectivity index (χ0) is 12.1. The third-order valence-electron chi connectivity index (χ3n) is 2.13. The molecule has 0 bridgehead atoms. The van der Waals surface area contributed by atoms with Gasteiger partial charge < -0.3 is 4.74 Å². The summed E-state index contributed by atoms with van der Waals surface area (Å²) < 4.78 is 5.46. The second kappa shape index (κ2) is 5.41. The number of aromatic nitrogens is 2. The molecule has 0 aliphatic heterocycles. The van der Waals surface area contributed by atoms with Gasteiger partial charge in [0.2, 0.25) is 0 Å². The van der Waals surface area contributed by atoms with Crippen LogP contribution in [0, 0.1) is 0 Å². The topological polar surface area (TPSA) is 52.1 Å². The Morgan fingerprint density at radius 3 is 2.71 bits per heavy atom. The highest BCUT2D eigenvalue weighted by Crippen LogP contribution is 2.24. The molecule has 2 aromatic rings. The smallest absolute Gasteiger partial charge is 0.186 e. The molecule has 0 spiro atoms. The minimum Gasteiger partial charge on any atom is -0.483 e. The Kier molecular flexibility index (Phi) is 3.67. The van der Waals surface area contributed by atoms with Gasteiger partial charge in [-0.25, -0.2) is 9.97 Å². The molecule has 0 atom stereocenters. The number of hydrogen-bond donors (Lipinski definition) is 0. The van der Waals surface area contributed by atoms with E-state index >= 15 is 0 Å². The summed E-state index contributed by atoms with van der Waals surface area (Å²) in [4.78, 5) is 18.3. The first-order valence-electron chi connectivity index (χ1n) is 4.93. The number of carbonyl (C=O) groups is 1. The first-order chi connectivity index (χ1) is 8.31. The van der Waals surface area contributed by atoms with Crippen LogP contribution in [0.25, 0.3) is 0 Å². The van der Waals surface area contributed by atoms with Crippen molar-refractivity contribution in [3.05, 3.63) is 53.1 Å². The molecule has 1 aromatic heterocycles. The third-order valence-corrected chi connectivity index (χ3v) is 2.39. The van der Waals surface area contributed by atoms with E-state index in [1.807, 2.05) is 30.3 Å². The van der Waals surface area contributed by atoms with Gasteiger partial charge in [-0.3, -0.25) is 4.79 Å². The Labute approximate surface area is 103 Å². The Morgan fingerprint density at radius 1 is 1.24 bits per heavy atom. The van der Waals surface area contributed by atoms with E-state index in [0.29, 0.717) is 12.9 Å². The summed E-state index contributed by atoms with van der Waals surface area (Å²) in [6.07, 6.45) is 1.81. The molecule has 5 heteroatoms. The van der Waals surface area contributed by atoms with Gasteiger partial charge in [0.05, 0.1) is 0 Å². The predicted octanol–water partition coefficient (Wildman–Crippen LogP) is 2.52. The van der Waals surface area contributed by atoms with E-state index < -0.39 is 0 Å². The van der Waals surface area contributed by atoms with Crippen LogP contribution in [0.15, 0.2) is 36.7 Å². The van der Waals surface area contributed by atoms with Gasteiger partial charge in [0.25, 0.3) is 0 Å². The van der Waals surface area contributed by atoms with Gasteiger partial charge in [-0.2, -0.15) is 0 Å². The summed E-state index contributed by atoms with van der Waals surface area (Å²) in [7, 11) is 0. The van der Waals surface area contributed by atoms with E-state index in [1.165, 1.54) is 6.33 Å². The molecule has 1 heterocycles. The van der Waals surface area contributed by atoms with Gasteiger partial charge in [0, 0.05) is 0 Å². The Hall–Kier alpha value is -1.94.